The van der Waals surface area contributed by atoms with Gasteiger partial charge in [-0.2, -0.15) is 0 Å². The number of benzene rings is 1. The van der Waals surface area contributed by atoms with E-state index in [1.54, 1.807) is 0 Å². The quantitative estimate of drug-likeness (QED) is 0.784. The molecule has 0 bridgehead atoms. The van der Waals surface area contributed by atoms with E-state index < -0.39 is 5.82 Å². The highest BCUT2D eigenvalue weighted by atomic mass is 35.5. The van der Waals surface area contributed by atoms with Crippen LogP contribution in [0.15, 0.2) is 18.2 Å². The van der Waals surface area contributed by atoms with Crippen LogP contribution >= 0.6 is 11.6 Å². The molecule has 100 valence electrons. The number of carbonyl (C=O) groups is 1. The van der Waals surface area contributed by atoms with Crippen LogP contribution in [-0.4, -0.2) is 25.8 Å². The Morgan fingerprint density at radius 1 is 1.50 bits per heavy atom. The third kappa shape index (κ3) is 5.33. The molecule has 0 saturated heterocycles. The highest BCUT2D eigenvalue weighted by molar-refractivity contribution is 6.30. The Hall–Kier alpha value is -1.33. The molecule has 0 unspecified atom stereocenters. The number of amides is 2. The molecule has 1 aromatic rings. The summed E-state index contributed by atoms with van der Waals surface area (Å²) in [6.07, 6.45) is 0.732. The number of anilines is 1. The lowest BCUT2D eigenvalue weighted by Crippen LogP contribution is -2.30. The van der Waals surface area contributed by atoms with Gasteiger partial charge in [0.25, 0.3) is 0 Å². The lowest BCUT2D eigenvalue weighted by atomic mass is 10.3. The first-order chi connectivity index (χ1) is 8.63. The predicted octanol–water partition coefficient (Wildman–Crippen LogP) is 3.03. The van der Waals surface area contributed by atoms with Crippen LogP contribution in [0, 0.1) is 5.82 Å². The zero-order valence-corrected chi connectivity index (χ0v) is 10.9. The fourth-order valence-electron chi connectivity index (χ4n) is 1.27. The van der Waals surface area contributed by atoms with Crippen molar-refractivity contribution in [1.82, 2.24) is 5.32 Å². The normalized spacial score (nSPS) is 10.2. The standard InChI is InChI=1S/C12H16ClFN2O2/c1-2-18-7-3-6-15-12(17)16-9-4-5-10(13)11(14)8-9/h4-5,8H,2-3,6-7H2,1H3,(H2,15,16,17). The van der Waals surface area contributed by atoms with Crippen molar-refractivity contribution in [2.45, 2.75) is 13.3 Å². The summed E-state index contributed by atoms with van der Waals surface area (Å²) >= 11 is 5.53. The maximum atomic E-state index is 13.1. The van der Waals surface area contributed by atoms with E-state index in [-0.39, 0.29) is 11.1 Å². The Labute approximate surface area is 110 Å². The lowest BCUT2D eigenvalue weighted by molar-refractivity contribution is 0.145. The number of ether oxygens (including phenoxy) is 1. The van der Waals surface area contributed by atoms with E-state index in [9.17, 15) is 9.18 Å². The molecule has 2 N–H and O–H groups in total. The van der Waals surface area contributed by atoms with Gasteiger partial charge in [0.15, 0.2) is 0 Å². The molecular formula is C12H16ClFN2O2. The summed E-state index contributed by atoms with van der Waals surface area (Å²) in [5.74, 6) is -0.564. The zero-order valence-electron chi connectivity index (χ0n) is 10.1. The van der Waals surface area contributed by atoms with Crippen molar-refractivity contribution in [3.05, 3.63) is 29.0 Å². The number of hydrogen-bond donors (Lipinski definition) is 2. The van der Waals surface area contributed by atoms with Crippen molar-refractivity contribution >= 4 is 23.3 Å². The third-order valence-electron chi connectivity index (χ3n) is 2.13. The lowest BCUT2D eigenvalue weighted by Gasteiger charge is -2.08. The SMILES string of the molecule is CCOCCCNC(=O)Nc1ccc(Cl)c(F)c1. The first kappa shape index (κ1) is 14.7. The molecule has 0 aliphatic rings. The summed E-state index contributed by atoms with van der Waals surface area (Å²) in [7, 11) is 0. The summed E-state index contributed by atoms with van der Waals surface area (Å²) < 4.78 is 18.2. The van der Waals surface area contributed by atoms with Gasteiger partial charge in [0.05, 0.1) is 5.02 Å². The van der Waals surface area contributed by atoms with E-state index in [0.717, 1.165) is 6.42 Å². The van der Waals surface area contributed by atoms with Gasteiger partial charge < -0.3 is 15.4 Å². The molecule has 0 spiro atoms. The van der Waals surface area contributed by atoms with Gasteiger partial charge >= 0.3 is 6.03 Å². The smallest absolute Gasteiger partial charge is 0.319 e. The van der Waals surface area contributed by atoms with E-state index in [4.69, 9.17) is 16.3 Å². The maximum Gasteiger partial charge on any atom is 0.319 e. The Bertz CT molecular complexity index is 402. The molecule has 0 atom stereocenters. The van der Waals surface area contributed by atoms with Gasteiger partial charge in [-0.3, -0.25) is 0 Å². The Morgan fingerprint density at radius 3 is 2.94 bits per heavy atom. The summed E-state index contributed by atoms with van der Waals surface area (Å²) in [5, 5.41) is 5.18. The number of nitrogens with one attached hydrogen (secondary N) is 2. The highest BCUT2D eigenvalue weighted by Gasteiger charge is 2.04. The monoisotopic (exact) mass is 274 g/mol. The van der Waals surface area contributed by atoms with Gasteiger partial charge in [0, 0.05) is 25.4 Å². The molecule has 0 heterocycles. The number of carbonyl (C=O) groups excluding carboxylic acids is 1. The van der Waals surface area contributed by atoms with Crippen LogP contribution < -0.4 is 10.6 Å². The van der Waals surface area contributed by atoms with Crippen molar-refractivity contribution in [1.29, 1.82) is 0 Å². The van der Waals surface area contributed by atoms with Crippen molar-refractivity contribution in [2.75, 3.05) is 25.1 Å². The minimum Gasteiger partial charge on any atom is -0.382 e. The molecule has 0 aliphatic carbocycles. The largest absolute Gasteiger partial charge is 0.382 e. The van der Waals surface area contributed by atoms with Crippen molar-refractivity contribution in [2.24, 2.45) is 0 Å². The van der Waals surface area contributed by atoms with E-state index in [1.807, 2.05) is 6.92 Å². The number of hydrogen-bond acceptors (Lipinski definition) is 2. The number of halogens is 2. The molecule has 1 rings (SSSR count). The highest BCUT2D eigenvalue weighted by Crippen LogP contribution is 2.18. The van der Waals surface area contributed by atoms with E-state index in [2.05, 4.69) is 10.6 Å². The second-order valence-electron chi connectivity index (χ2n) is 3.56. The van der Waals surface area contributed by atoms with Crippen LogP contribution in [-0.2, 0) is 4.74 Å². The Balaban J connectivity index is 2.29. The molecule has 0 fully saturated rings. The molecule has 18 heavy (non-hydrogen) atoms. The van der Waals surface area contributed by atoms with Gasteiger partial charge in [-0.1, -0.05) is 11.6 Å². The Kier molecular flexibility index (Phi) is 6.46. The summed E-state index contributed by atoms with van der Waals surface area (Å²) in [6, 6.07) is 3.71. The molecule has 6 heteroatoms. The summed E-state index contributed by atoms with van der Waals surface area (Å²) in [6.45, 7) is 3.68. The summed E-state index contributed by atoms with van der Waals surface area (Å²) in [4.78, 5) is 11.4. The van der Waals surface area contributed by atoms with E-state index >= 15 is 0 Å². The topological polar surface area (TPSA) is 50.4 Å². The second kappa shape index (κ2) is 7.89. The van der Waals surface area contributed by atoms with Crippen LogP contribution in [0.3, 0.4) is 0 Å². The third-order valence-corrected chi connectivity index (χ3v) is 2.44. The molecule has 0 aromatic heterocycles. The molecule has 4 nitrogen and oxygen atoms in total. The van der Waals surface area contributed by atoms with Crippen molar-refractivity contribution in [3.8, 4) is 0 Å². The van der Waals surface area contributed by atoms with Gasteiger partial charge in [-0.25, -0.2) is 9.18 Å². The molecule has 0 radical (unpaired) electrons. The number of urea groups is 1. The van der Waals surface area contributed by atoms with E-state index in [0.29, 0.717) is 25.4 Å². The van der Waals surface area contributed by atoms with Crippen LogP contribution in [0.4, 0.5) is 14.9 Å². The van der Waals surface area contributed by atoms with Gasteiger partial charge in [-0.05, 0) is 31.5 Å². The van der Waals surface area contributed by atoms with Gasteiger partial charge in [0.1, 0.15) is 5.82 Å². The van der Waals surface area contributed by atoms with E-state index in [1.165, 1.54) is 18.2 Å². The molecule has 2 amide bonds. The fourth-order valence-corrected chi connectivity index (χ4v) is 1.39. The number of rotatable bonds is 6. The van der Waals surface area contributed by atoms with Crippen molar-refractivity contribution in [3.63, 3.8) is 0 Å². The van der Waals surface area contributed by atoms with Crippen LogP contribution in [0.25, 0.3) is 0 Å². The molecule has 0 saturated carbocycles. The molecule has 1 aromatic carbocycles. The molecule has 0 aliphatic heterocycles. The average Bonchev–Trinajstić information content (AvgIpc) is 2.34. The van der Waals surface area contributed by atoms with Crippen molar-refractivity contribution < 1.29 is 13.9 Å². The van der Waals surface area contributed by atoms with Gasteiger partial charge in [-0.15, -0.1) is 0 Å². The fraction of sp³-hybridized carbons (Fsp3) is 0.417. The van der Waals surface area contributed by atoms with Gasteiger partial charge in [0.2, 0.25) is 0 Å². The average molecular weight is 275 g/mol. The van der Waals surface area contributed by atoms with Crippen LogP contribution in [0.1, 0.15) is 13.3 Å². The van der Waals surface area contributed by atoms with Crippen LogP contribution in [0.5, 0.6) is 0 Å². The Morgan fingerprint density at radius 2 is 2.28 bits per heavy atom. The first-order valence-electron chi connectivity index (χ1n) is 5.71. The maximum absolute atomic E-state index is 13.1. The van der Waals surface area contributed by atoms with Crippen LogP contribution in [0.2, 0.25) is 5.02 Å². The second-order valence-corrected chi connectivity index (χ2v) is 3.97. The minimum atomic E-state index is -0.564. The zero-order chi connectivity index (χ0) is 13.4. The summed E-state index contributed by atoms with van der Waals surface area (Å²) in [5.41, 5.74) is 0.360. The predicted molar refractivity (Wildman–Crippen MR) is 69.5 cm³/mol. The first-order valence-corrected chi connectivity index (χ1v) is 6.09. The minimum absolute atomic E-state index is 0.0256. The molecular weight excluding hydrogens is 259 g/mol.